The molecule has 1 saturated heterocycles. The van der Waals surface area contributed by atoms with Crippen LogP contribution < -0.4 is 16.2 Å². The van der Waals surface area contributed by atoms with Crippen molar-refractivity contribution in [2.45, 2.75) is 26.0 Å². The van der Waals surface area contributed by atoms with Crippen LogP contribution in [0.5, 0.6) is 0 Å². The minimum atomic E-state index is 0.348. The normalized spacial score (nSPS) is 18.6. The van der Waals surface area contributed by atoms with Gasteiger partial charge in [-0.2, -0.15) is 0 Å². The fraction of sp³-hybridized carbons (Fsp3) is 0.667. The lowest BCUT2D eigenvalue weighted by Crippen LogP contribution is -2.33. The van der Waals surface area contributed by atoms with Gasteiger partial charge in [-0.05, 0) is 13.3 Å². The monoisotopic (exact) mass is 267 g/mol. The molecule has 0 amide bonds. The quantitative estimate of drug-likeness (QED) is 0.574. The zero-order valence-electron chi connectivity index (χ0n) is 11.4. The van der Waals surface area contributed by atoms with Crippen molar-refractivity contribution < 1.29 is 9.47 Å². The minimum absolute atomic E-state index is 0.348. The number of nitrogens with two attached hydrogens (primary N) is 1. The third-order valence-electron chi connectivity index (χ3n) is 3.16. The summed E-state index contributed by atoms with van der Waals surface area (Å²) < 4.78 is 10.7. The molecule has 2 heterocycles. The number of nitrogen functional groups attached to an aromatic ring is 1. The highest BCUT2D eigenvalue weighted by atomic mass is 16.5. The maximum atomic E-state index is 5.45. The highest BCUT2D eigenvalue weighted by Gasteiger charge is 2.22. The largest absolute Gasteiger partial charge is 0.379 e. The second-order valence-corrected chi connectivity index (χ2v) is 4.44. The molecule has 0 radical (unpaired) electrons. The summed E-state index contributed by atoms with van der Waals surface area (Å²) in [5.74, 6) is 7.48. The molecule has 0 aliphatic carbocycles. The number of hydrogen-bond donors (Lipinski definition) is 2. The zero-order chi connectivity index (χ0) is 13.7. The number of ether oxygens (including phenoxy) is 2. The first-order valence-corrected chi connectivity index (χ1v) is 6.47. The lowest BCUT2D eigenvalue weighted by atomic mass is 10.2. The van der Waals surface area contributed by atoms with Crippen LogP contribution in [-0.4, -0.2) is 42.9 Å². The summed E-state index contributed by atoms with van der Waals surface area (Å²) in [5, 5.41) is 0. The number of aromatic nitrogens is 2. The van der Waals surface area contributed by atoms with E-state index in [2.05, 4.69) is 20.3 Å². The van der Waals surface area contributed by atoms with Gasteiger partial charge in [0.1, 0.15) is 18.2 Å². The molecule has 7 nitrogen and oxygen atoms in total. The molecule has 1 aliphatic rings. The van der Waals surface area contributed by atoms with E-state index < -0.39 is 0 Å². The van der Waals surface area contributed by atoms with Crippen molar-refractivity contribution in [2.75, 3.05) is 37.2 Å². The fourth-order valence-corrected chi connectivity index (χ4v) is 2.01. The van der Waals surface area contributed by atoms with Gasteiger partial charge in [0.25, 0.3) is 0 Å². The summed E-state index contributed by atoms with van der Waals surface area (Å²) in [7, 11) is 2.01. The maximum Gasteiger partial charge on any atom is 0.158 e. The van der Waals surface area contributed by atoms with Crippen LogP contribution in [0.3, 0.4) is 0 Å². The summed E-state index contributed by atoms with van der Waals surface area (Å²) in [4.78, 5) is 10.9. The molecular weight excluding hydrogens is 246 g/mol. The van der Waals surface area contributed by atoms with Crippen molar-refractivity contribution in [3.8, 4) is 0 Å². The average molecular weight is 267 g/mol. The Hall–Kier alpha value is -1.44. The SMILES string of the molecule is CCOCc1nc(NN)cc(N(C)C2CCOC2)n1. The first-order valence-electron chi connectivity index (χ1n) is 6.47. The fourth-order valence-electron chi connectivity index (χ4n) is 2.01. The molecule has 0 spiro atoms. The third-order valence-corrected chi connectivity index (χ3v) is 3.16. The number of nitrogens with one attached hydrogen (secondary N) is 1. The average Bonchev–Trinajstić information content (AvgIpc) is 2.98. The number of hydrazine groups is 1. The van der Waals surface area contributed by atoms with E-state index >= 15 is 0 Å². The molecule has 1 aliphatic heterocycles. The third kappa shape index (κ3) is 3.52. The first-order chi connectivity index (χ1) is 9.24. The molecule has 2 rings (SSSR count). The van der Waals surface area contributed by atoms with Gasteiger partial charge in [-0.1, -0.05) is 0 Å². The van der Waals surface area contributed by atoms with Gasteiger partial charge >= 0.3 is 0 Å². The highest BCUT2D eigenvalue weighted by molar-refractivity contribution is 5.49. The molecule has 1 aromatic rings. The molecule has 7 heteroatoms. The molecular formula is C12H21N5O2. The van der Waals surface area contributed by atoms with Crippen molar-refractivity contribution in [1.29, 1.82) is 0 Å². The molecule has 3 N–H and O–H groups in total. The molecule has 1 atom stereocenters. The Bertz CT molecular complexity index is 409. The standard InChI is InChI=1S/C12H21N5O2/c1-3-18-8-11-14-10(16-13)6-12(15-11)17(2)9-4-5-19-7-9/h6,9H,3-5,7-8,13H2,1-2H3,(H,14,15,16). The summed E-state index contributed by atoms with van der Waals surface area (Å²) in [5.41, 5.74) is 2.57. The van der Waals surface area contributed by atoms with Crippen LogP contribution in [0.2, 0.25) is 0 Å². The first kappa shape index (κ1) is 14.0. The van der Waals surface area contributed by atoms with E-state index in [1.807, 2.05) is 20.0 Å². The number of anilines is 2. The van der Waals surface area contributed by atoms with Gasteiger partial charge < -0.3 is 19.8 Å². The van der Waals surface area contributed by atoms with Gasteiger partial charge in [0.15, 0.2) is 5.82 Å². The van der Waals surface area contributed by atoms with Gasteiger partial charge in [0, 0.05) is 26.3 Å². The van der Waals surface area contributed by atoms with E-state index in [1.165, 1.54) is 0 Å². The summed E-state index contributed by atoms with van der Waals surface area (Å²) in [6.07, 6.45) is 1.01. The van der Waals surface area contributed by atoms with Crippen molar-refractivity contribution >= 4 is 11.6 Å². The Labute approximate surface area is 113 Å². The molecule has 0 aromatic carbocycles. The number of rotatable bonds is 6. The van der Waals surface area contributed by atoms with Crippen LogP contribution in [0.25, 0.3) is 0 Å². The van der Waals surface area contributed by atoms with Crippen LogP contribution in [0, 0.1) is 0 Å². The van der Waals surface area contributed by atoms with E-state index in [9.17, 15) is 0 Å². The second-order valence-electron chi connectivity index (χ2n) is 4.44. The van der Waals surface area contributed by atoms with Gasteiger partial charge in [-0.15, -0.1) is 0 Å². The summed E-state index contributed by atoms with van der Waals surface area (Å²) in [6, 6.07) is 2.17. The molecule has 1 fully saturated rings. The predicted octanol–water partition coefficient (Wildman–Crippen LogP) is 0.524. The molecule has 0 saturated carbocycles. The van der Waals surface area contributed by atoms with Gasteiger partial charge in [-0.25, -0.2) is 15.8 Å². The molecule has 106 valence electrons. The molecule has 19 heavy (non-hydrogen) atoms. The van der Waals surface area contributed by atoms with Gasteiger partial charge in [-0.3, -0.25) is 0 Å². The smallest absolute Gasteiger partial charge is 0.158 e. The molecule has 1 unspecified atom stereocenters. The Kier molecular flexibility index (Phi) is 4.89. The van der Waals surface area contributed by atoms with E-state index in [0.29, 0.717) is 30.9 Å². The van der Waals surface area contributed by atoms with Crippen molar-refractivity contribution in [1.82, 2.24) is 9.97 Å². The minimum Gasteiger partial charge on any atom is -0.379 e. The van der Waals surface area contributed by atoms with Crippen LogP contribution in [-0.2, 0) is 16.1 Å². The van der Waals surface area contributed by atoms with E-state index in [1.54, 1.807) is 0 Å². The van der Waals surface area contributed by atoms with Gasteiger partial charge in [0.2, 0.25) is 0 Å². The Balaban J connectivity index is 2.17. The maximum absolute atomic E-state index is 5.45. The zero-order valence-corrected chi connectivity index (χ0v) is 11.4. The molecule has 1 aromatic heterocycles. The number of likely N-dealkylation sites (N-methyl/N-ethyl adjacent to an activating group) is 1. The highest BCUT2D eigenvalue weighted by Crippen LogP contribution is 2.20. The van der Waals surface area contributed by atoms with E-state index in [0.717, 1.165) is 25.5 Å². The van der Waals surface area contributed by atoms with Crippen LogP contribution in [0.1, 0.15) is 19.2 Å². The Morgan fingerprint density at radius 2 is 2.42 bits per heavy atom. The molecule has 0 bridgehead atoms. The van der Waals surface area contributed by atoms with E-state index in [4.69, 9.17) is 15.3 Å². The topological polar surface area (TPSA) is 85.5 Å². The number of hydrogen-bond acceptors (Lipinski definition) is 7. The summed E-state index contributed by atoms with van der Waals surface area (Å²) >= 11 is 0. The predicted molar refractivity (Wildman–Crippen MR) is 72.8 cm³/mol. The van der Waals surface area contributed by atoms with Crippen LogP contribution in [0.15, 0.2) is 6.07 Å². The lowest BCUT2D eigenvalue weighted by molar-refractivity contribution is 0.128. The van der Waals surface area contributed by atoms with Gasteiger partial charge in [0.05, 0.1) is 12.6 Å². The van der Waals surface area contributed by atoms with Crippen molar-refractivity contribution in [3.63, 3.8) is 0 Å². The van der Waals surface area contributed by atoms with Crippen LogP contribution in [0.4, 0.5) is 11.6 Å². The van der Waals surface area contributed by atoms with Crippen LogP contribution >= 0.6 is 0 Å². The Morgan fingerprint density at radius 3 is 3.05 bits per heavy atom. The summed E-state index contributed by atoms with van der Waals surface area (Å²) in [6.45, 7) is 4.48. The van der Waals surface area contributed by atoms with Crippen molar-refractivity contribution in [2.24, 2.45) is 5.84 Å². The number of nitrogens with zero attached hydrogens (tertiary/aromatic N) is 3. The lowest BCUT2D eigenvalue weighted by Gasteiger charge is -2.24. The Morgan fingerprint density at radius 1 is 1.58 bits per heavy atom. The van der Waals surface area contributed by atoms with Crippen molar-refractivity contribution in [3.05, 3.63) is 11.9 Å². The second kappa shape index (κ2) is 6.65. The van der Waals surface area contributed by atoms with E-state index in [-0.39, 0.29) is 0 Å².